The molecule has 10 heteroatoms. The van der Waals surface area contributed by atoms with Crippen LogP contribution >= 0.6 is 0 Å². The first-order valence-electron chi connectivity index (χ1n) is 11.1. The maximum atomic E-state index is 14.5. The predicted octanol–water partition coefficient (Wildman–Crippen LogP) is 2.68. The van der Waals surface area contributed by atoms with E-state index in [9.17, 15) is 18.8 Å². The number of ether oxygens (including phenoxy) is 1. The summed E-state index contributed by atoms with van der Waals surface area (Å²) in [6.45, 7) is 0.370. The minimum absolute atomic E-state index is 0.0889. The van der Waals surface area contributed by atoms with Crippen molar-refractivity contribution in [1.29, 1.82) is 0 Å². The lowest BCUT2D eigenvalue weighted by molar-refractivity contribution is 0.0559. The van der Waals surface area contributed by atoms with E-state index < -0.39 is 17.8 Å². The van der Waals surface area contributed by atoms with Gasteiger partial charge in [-0.05, 0) is 55.2 Å². The van der Waals surface area contributed by atoms with E-state index in [2.05, 4.69) is 15.5 Å². The highest BCUT2D eigenvalue weighted by Crippen LogP contribution is 2.28. The second-order valence-corrected chi connectivity index (χ2v) is 8.73. The van der Waals surface area contributed by atoms with Gasteiger partial charge in [-0.1, -0.05) is 6.07 Å². The molecule has 3 aromatic rings. The molecule has 2 aliphatic rings. The van der Waals surface area contributed by atoms with Crippen molar-refractivity contribution >= 4 is 22.8 Å². The summed E-state index contributed by atoms with van der Waals surface area (Å²) in [5, 5.41) is 18.9. The zero-order valence-electron chi connectivity index (χ0n) is 18.2. The molecule has 2 heterocycles. The van der Waals surface area contributed by atoms with Crippen molar-refractivity contribution in [3.63, 3.8) is 0 Å². The van der Waals surface area contributed by atoms with E-state index in [1.54, 1.807) is 24.3 Å². The Bertz CT molecular complexity index is 1330. The number of rotatable bonds is 6. The largest absolute Gasteiger partial charge is 0.490 e. The Morgan fingerprint density at radius 3 is 2.68 bits per heavy atom. The molecule has 0 radical (unpaired) electrons. The lowest BCUT2D eigenvalue weighted by Crippen LogP contribution is -2.60. The van der Waals surface area contributed by atoms with Gasteiger partial charge in [0.25, 0.3) is 11.5 Å². The number of halogens is 1. The number of fused-ring (bicyclic) bond motifs is 1. The van der Waals surface area contributed by atoms with Crippen LogP contribution in [0.2, 0.25) is 0 Å². The number of carbonyl (C=O) groups is 2. The third kappa shape index (κ3) is 4.30. The molecule has 1 aromatic heterocycles. The number of benzene rings is 2. The smallest absolute Gasteiger partial charge is 0.405 e. The zero-order valence-corrected chi connectivity index (χ0v) is 18.2. The van der Waals surface area contributed by atoms with Gasteiger partial charge < -0.3 is 20.1 Å². The summed E-state index contributed by atoms with van der Waals surface area (Å²) in [6.07, 6.45) is 2.46. The van der Waals surface area contributed by atoms with E-state index >= 15 is 0 Å². The fourth-order valence-corrected chi connectivity index (χ4v) is 4.21. The molecule has 2 fully saturated rings. The van der Waals surface area contributed by atoms with Crippen LogP contribution in [0.5, 0.6) is 5.75 Å². The van der Waals surface area contributed by atoms with Crippen LogP contribution in [0, 0.1) is 5.82 Å². The van der Waals surface area contributed by atoms with Gasteiger partial charge in [0, 0.05) is 24.9 Å². The first-order chi connectivity index (χ1) is 16.4. The number of carboxylic acid groups (broad SMARTS) is 1. The maximum absolute atomic E-state index is 14.5. The van der Waals surface area contributed by atoms with Gasteiger partial charge in [-0.3, -0.25) is 9.59 Å². The van der Waals surface area contributed by atoms with Crippen molar-refractivity contribution in [1.82, 2.24) is 20.4 Å². The Kier molecular flexibility index (Phi) is 5.64. The molecular weight excluding hydrogens is 443 g/mol. The van der Waals surface area contributed by atoms with Crippen molar-refractivity contribution in [2.45, 2.75) is 37.8 Å². The van der Waals surface area contributed by atoms with Crippen molar-refractivity contribution in [3.05, 3.63) is 69.4 Å². The van der Waals surface area contributed by atoms with Crippen LogP contribution in [0.3, 0.4) is 0 Å². The third-order valence-corrected chi connectivity index (χ3v) is 6.32. The van der Waals surface area contributed by atoms with Gasteiger partial charge in [0.05, 0.1) is 28.8 Å². The van der Waals surface area contributed by atoms with Gasteiger partial charge >= 0.3 is 6.09 Å². The van der Waals surface area contributed by atoms with Crippen LogP contribution in [0.4, 0.5) is 9.18 Å². The second kappa shape index (κ2) is 8.77. The summed E-state index contributed by atoms with van der Waals surface area (Å²) in [7, 11) is 0. The fourth-order valence-electron chi connectivity index (χ4n) is 4.21. The number of hydrogen-bond donors (Lipinski definition) is 3. The topological polar surface area (TPSA) is 125 Å². The lowest BCUT2D eigenvalue weighted by atomic mass is 9.96. The molecule has 9 nitrogen and oxygen atoms in total. The standard InChI is InChI=1S/C24H23FN4O5/c25-20-7-4-13(8-19(20)23(31)29-11-14(12-29)26-24(32)33)9-21-18-10-16(34-15-2-1-3-15)5-6-17(18)22(30)28-27-21/h4-8,10,14-15,26H,1-3,9,11-12H2,(H,28,30)(H,32,33). The number of aromatic nitrogens is 2. The quantitative estimate of drug-likeness (QED) is 0.513. The van der Waals surface area contributed by atoms with Crippen LogP contribution in [0.25, 0.3) is 10.8 Å². The Hall–Kier alpha value is -3.95. The Morgan fingerprint density at radius 1 is 1.18 bits per heavy atom. The van der Waals surface area contributed by atoms with Crippen molar-refractivity contribution in [2.75, 3.05) is 13.1 Å². The van der Waals surface area contributed by atoms with Crippen LogP contribution in [-0.4, -0.2) is 57.4 Å². The summed E-state index contributed by atoms with van der Waals surface area (Å²) in [5.74, 6) is -0.486. The van der Waals surface area contributed by atoms with Gasteiger partial charge in [-0.25, -0.2) is 14.3 Å². The van der Waals surface area contributed by atoms with Crippen LogP contribution < -0.4 is 15.6 Å². The van der Waals surface area contributed by atoms with Crippen LogP contribution in [-0.2, 0) is 6.42 Å². The average Bonchev–Trinajstić information content (AvgIpc) is 2.75. The van der Waals surface area contributed by atoms with E-state index in [-0.39, 0.29) is 42.8 Å². The molecule has 2 amide bonds. The molecule has 5 rings (SSSR count). The molecule has 2 aromatic carbocycles. The predicted molar refractivity (Wildman–Crippen MR) is 121 cm³/mol. The normalized spacial score (nSPS) is 16.1. The summed E-state index contributed by atoms with van der Waals surface area (Å²) in [6, 6.07) is 9.20. The summed E-state index contributed by atoms with van der Waals surface area (Å²) < 4.78 is 20.4. The van der Waals surface area contributed by atoms with Crippen molar-refractivity contribution < 1.29 is 23.8 Å². The Balaban J connectivity index is 1.39. The number of amides is 2. The first-order valence-corrected chi connectivity index (χ1v) is 11.1. The summed E-state index contributed by atoms with van der Waals surface area (Å²) in [4.78, 5) is 37.1. The first kappa shape index (κ1) is 21.9. The van der Waals surface area contributed by atoms with Gasteiger partial charge in [0.2, 0.25) is 0 Å². The number of carbonyl (C=O) groups excluding carboxylic acids is 1. The third-order valence-electron chi connectivity index (χ3n) is 6.32. The van der Waals surface area contributed by atoms with Gasteiger partial charge in [0.1, 0.15) is 11.6 Å². The lowest BCUT2D eigenvalue weighted by Gasteiger charge is -2.39. The molecule has 34 heavy (non-hydrogen) atoms. The number of hydrogen-bond acceptors (Lipinski definition) is 5. The number of H-pyrrole nitrogens is 1. The van der Waals surface area contributed by atoms with E-state index in [0.717, 1.165) is 19.3 Å². The molecule has 0 bridgehead atoms. The van der Waals surface area contributed by atoms with E-state index in [0.29, 0.717) is 27.8 Å². The monoisotopic (exact) mass is 466 g/mol. The van der Waals surface area contributed by atoms with Crippen molar-refractivity contribution in [3.8, 4) is 5.75 Å². The van der Waals surface area contributed by atoms with Gasteiger partial charge in [-0.15, -0.1) is 0 Å². The molecule has 176 valence electrons. The maximum Gasteiger partial charge on any atom is 0.405 e. The number of nitrogens with zero attached hydrogens (tertiary/aromatic N) is 2. The molecule has 1 saturated heterocycles. The summed E-state index contributed by atoms with van der Waals surface area (Å²) >= 11 is 0. The van der Waals surface area contributed by atoms with Crippen LogP contribution in [0.15, 0.2) is 41.2 Å². The fraction of sp³-hybridized carbons (Fsp3) is 0.333. The average molecular weight is 466 g/mol. The Labute approximate surface area is 193 Å². The van der Waals surface area contributed by atoms with Gasteiger partial charge in [-0.2, -0.15) is 5.10 Å². The van der Waals surface area contributed by atoms with E-state index in [4.69, 9.17) is 9.84 Å². The molecule has 3 N–H and O–H groups in total. The van der Waals surface area contributed by atoms with E-state index in [1.165, 1.54) is 17.0 Å². The number of aromatic amines is 1. The zero-order chi connectivity index (χ0) is 23.8. The highest BCUT2D eigenvalue weighted by molar-refractivity contribution is 5.95. The number of likely N-dealkylation sites (tertiary alicyclic amines) is 1. The molecule has 1 aliphatic heterocycles. The number of nitrogens with one attached hydrogen (secondary N) is 2. The van der Waals surface area contributed by atoms with E-state index in [1.807, 2.05) is 0 Å². The highest BCUT2D eigenvalue weighted by atomic mass is 19.1. The highest BCUT2D eigenvalue weighted by Gasteiger charge is 2.33. The second-order valence-electron chi connectivity index (χ2n) is 8.73. The molecule has 0 unspecified atom stereocenters. The Morgan fingerprint density at radius 2 is 1.97 bits per heavy atom. The molecule has 1 saturated carbocycles. The summed E-state index contributed by atoms with van der Waals surface area (Å²) in [5.41, 5.74) is 0.824. The SMILES string of the molecule is O=C(O)NC1CN(C(=O)c2cc(Cc3n[nH]c(=O)c4ccc(OC5CCC5)cc34)ccc2F)C1. The molecule has 1 aliphatic carbocycles. The van der Waals surface area contributed by atoms with Crippen molar-refractivity contribution in [2.24, 2.45) is 0 Å². The molecular formula is C24H23FN4O5. The molecule has 0 atom stereocenters. The van der Waals surface area contributed by atoms with Gasteiger partial charge in [0.15, 0.2) is 0 Å². The minimum Gasteiger partial charge on any atom is -0.490 e. The molecule has 0 spiro atoms. The van der Waals surface area contributed by atoms with Crippen LogP contribution in [0.1, 0.15) is 40.9 Å². The minimum atomic E-state index is -1.16.